The molecule has 1 heterocycles. The van der Waals surface area contributed by atoms with Gasteiger partial charge in [-0.2, -0.15) is 4.39 Å². The van der Waals surface area contributed by atoms with Gasteiger partial charge < -0.3 is 11.1 Å². The summed E-state index contributed by atoms with van der Waals surface area (Å²) in [5.41, 5.74) is 6.62. The number of halogens is 2. The smallest absolute Gasteiger partial charge is 0.257 e. The van der Waals surface area contributed by atoms with Gasteiger partial charge >= 0.3 is 0 Å². The Kier molecular flexibility index (Phi) is 3.43. The van der Waals surface area contributed by atoms with Gasteiger partial charge in [-0.3, -0.25) is 4.79 Å². The summed E-state index contributed by atoms with van der Waals surface area (Å²) in [7, 11) is 0. The van der Waals surface area contributed by atoms with Crippen molar-refractivity contribution >= 4 is 28.9 Å². The molecule has 1 amide bonds. The predicted molar refractivity (Wildman–Crippen MR) is 68.0 cm³/mol. The molecule has 0 atom stereocenters. The minimum atomic E-state index is -0.615. The van der Waals surface area contributed by atoms with Crippen LogP contribution in [0.4, 0.5) is 15.8 Å². The van der Waals surface area contributed by atoms with Crippen LogP contribution >= 0.6 is 11.6 Å². The normalized spacial score (nSPS) is 10.1. The summed E-state index contributed by atoms with van der Waals surface area (Å²) in [4.78, 5) is 15.3. The zero-order chi connectivity index (χ0) is 13.1. The largest absolute Gasteiger partial charge is 0.398 e. The Morgan fingerprint density at radius 1 is 1.33 bits per heavy atom. The highest BCUT2D eigenvalue weighted by molar-refractivity contribution is 6.31. The molecule has 18 heavy (non-hydrogen) atoms. The van der Waals surface area contributed by atoms with Gasteiger partial charge in [0.1, 0.15) is 0 Å². The quantitative estimate of drug-likeness (QED) is 0.648. The molecule has 2 aromatic rings. The number of nitrogens with zero attached hydrogens (tertiary/aromatic N) is 1. The zero-order valence-electron chi connectivity index (χ0n) is 9.15. The average Bonchev–Trinajstić information content (AvgIpc) is 2.35. The molecule has 0 unspecified atom stereocenters. The van der Waals surface area contributed by atoms with Gasteiger partial charge in [-0.15, -0.1) is 0 Å². The number of rotatable bonds is 2. The molecule has 1 aromatic heterocycles. The topological polar surface area (TPSA) is 68.0 Å². The number of carbonyl (C=O) groups is 1. The van der Waals surface area contributed by atoms with E-state index >= 15 is 0 Å². The fourth-order valence-electron chi connectivity index (χ4n) is 1.37. The second-order valence-corrected chi connectivity index (χ2v) is 3.99. The first kappa shape index (κ1) is 12.3. The maximum absolute atomic E-state index is 12.6. The first-order valence-electron chi connectivity index (χ1n) is 5.04. The summed E-state index contributed by atoms with van der Waals surface area (Å²) < 4.78 is 12.6. The Morgan fingerprint density at radius 3 is 2.78 bits per heavy atom. The van der Waals surface area contributed by atoms with Gasteiger partial charge in [0.2, 0.25) is 5.95 Å². The monoisotopic (exact) mass is 265 g/mol. The van der Waals surface area contributed by atoms with E-state index in [9.17, 15) is 9.18 Å². The third-order valence-corrected chi connectivity index (χ3v) is 2.48. The number of nitrogen functional groups attached to an aromatic ring is 1. The molecule has 4 nitrogen and oxygen atoms in total. The van der Waals surface area contributed by atoms with Crippen molar-refractivity contribution in [2.24, 2.45) is 0 Å². The van der Waals surface area contributed by atoms with E-state index in [0.717, 1.165) is 6.07 Å². The van der Waals surface area contributed by atoms with E-state index in [1.165, 1.54) is 18.3 Å². The Labute approximate surface area is 108 Å². The van der Waals surface area contributed by atoms with Gasteiger partial charge in [-0.25, -0.2) is 4.98 Å². The third kappa shape index (κ3) is 2.75. The number of amides is 1. The van der Waals surface area contributed by atoms with Crippen LogP contribution in [0.1, 0.15) is 10.4 Å². The molecular formula is C12H9ClFN3O. The van der Waals surface area contributed by atoms with E-state index in [-0.39, 0.29) is 5.56 Å². The molecule has 0 bridgehead atoms. The molecular weight excluding hydrogens is 257 g/mol. The molecule has 0 saturated heterocycles. The lowest BCUT2D eigenvalue weighted by atomic mass is 10.1. The van der Waals surface area contributed by atoms with Gasteiger partial charge in [-0.05, 0) is 30.3 Å². The second-order valence-electron chi connectivity index (χ2n) is 3.56. The van der Waals surface area contributed by atoms with Crippen molar-refractivity contribution in [3.8, 4) is 0 Å². The van der Waals surface area contributed by atoms with Crippen LogP contribution in [0.3, 0.4) is 0 Å². The van der Waals surface area contributed by atoms with Crippen LogP contribution in [0, 0.1) is 5.95 Å². The fourth-order valence-corrected chi connectivity index (χ4v) is 1.55. The molecule has 0 spiro atoms. The van der Waals surface area contributed by atoms with E-state index in [4.69, 9.17) is 17.3 Å². The number of pyridine rings is 1. The molecule has 1 aromatic carbocycles. The maximum Gasteiger partial charge on any atom is 0.257 e. The third-order valence-electron chi connectivity index (χ3n) is 2.25. The van der Waals surface area contributed by atoms with Gasteiger partial charge in [0, 0.05) is 10.7 Å². The summed E-state index contributed by atoms with van der Waals surface area (Å²) in [5, 5.41) is 2.96. The van der Waals surface area contributed by atoms with Crippen molar-refractivity contribution in [1.82, 2.24) is 4.98 Å². The fraction of sp³-hybridized carbons (Fsp3) is 0. The summed E-state index contributed by atoms with van der Waals surface area (Å²) >= 11 is 5.79. The number of hydrogen-bond acceptors (Lipinski definition) is 3. The number of nitrogens with two attached hydrogens (primary N) is 1. The molecule has 92 valence electrons. The molecule has 0 aliphatic heterocycles. The molecule has 0 fully saturated rings. The second kappa shape index (κ2) is 5.01. The highest BCUT2D eigenvalue weighted by atomic mass is 35.5. The van der Waals surface area contributed by atoms with Gasteiger partial charge in [0.05, 0.1) is 17.4 Å². The first-order chi connectivity index (χ1) is 8.56. The van der Waals surface area contributed by atoms with Crippen LogP contribution in [0.25, 0.3) is 0 Å². The lowest BCUT2D eigenvalue weighted by molar-refractivity contribution is 0.102. The van der Waals surface area contributed by atoms with Crippen molar-refractivity contribution in [3.05, 3.63) is 53.1 Å². The highest BCUT2D eigenvalue weighted by Crippen LogP contribution is 2.19. The molecule has 0 radical (unpaired) electrons. The van der Waals surface area contributed by atoms with E-state index in [1.54, 1.807) is 12.1 Å². The van der Waals surface area contributed by atoms with E-state index in [0.29, 0.717) is 16.4 Å². The van der Waals surface area contributed by atoms with Gasteiger partial charge in [0.25, 0.3) is 5.91 Å². The lowest BCUT2D eigenvalue weighted by Crippen LogP contribution is -2.14. The SMILES string of the molecule is Nc1ccc(Cl)cc1C(=O)Nc1ccc(F)nc1. The van der Waals surface area contributed by atoms with E-state index in [1.807, 2.05) is 0 Å². The number of nitrogens with one attached hydrogen (secondary N) is 1. The van der Waals surface area contributed by atoms with Crippen molar-refractivity contribution in [3.63, 3.8) is 0 Å². The molecule has 0 saturated carbocycles. The molecule has 3 N–H and O–H groups in total. The van der Waals surface area contributed by atoms with Crippen molar-refractivity contribution < 1.29 is 9.18 Å². The van der Waals surface area contributed by atoms with Crippen molar-refractivity contribution in [2.45, 2.75) is 0 Å². The van der Waals surface area contributed by atoms with Crippen LogP contribution in [-0.4, -0.2) is 10.9 Å². The number of carbonyl (C=O) groups excluding carboxylic acids is 1. The summed E-state index contributed by atoms with van der Waals surface area (Å²) in [5.74, 6) is -1.04. The molecule has 0 aliphatic rings. The van der Waals surface area contributed by atoms with Crippen molar-refractivity contribution in [1.29, 1.82) is 0 Å². The average molecular weight is 266 g/mol. The predicted octanol–water partition coefficient (Wildman–Crippen LogP) is 2.71. The highest BCUT2D eigenvalue weighted by Gasteiger charge is 2.10. The Morgan fingerprint density at radius 2 is 2.11 bits per heavy atom. The number of anilines is 2. The van der Waals surface area contributed by atoms with Crippen LogP contribution in [-0.2, 0) is 0 Å². The summed E-state index contributed by atoms with van der Waals surface area (Å²) in [6, 6.07) is 7.15. The molecule has 2 rings (SSSR count). The Balaban J connectivity index is 2.21. The van der Waals surface area contributed by atoms with Gasteiger partial charge in [-0.1, -0.05) is 11.6 Å². The van der Waals surface area contributed by atoms with Crippen LogP contribution < -0.4 is 11.1 Å². The number of aromatic nitrogens is 1. The number of hydrogen-bond donors (Lipinski definition) is 2. The minimum absolute atomic E-state index is 0.256. The minimum Gasteiger partial charge on any atom is -0.398 e. The maximum atomic E-state index is 12.6. The molecule has 6 heteroatoms. The Bertz CT molecular complexity index is 586. The Hall–Kier alpha value is -2.14. The van der Waals surface area contributed by atoms with Gasteiger partial charge in [0.15, 0.2) is 0 Å². The van der Waals surface area contributed by atoms with Crippen LogP contribution in [0.2, 0.25) is 5.02 Å². The summed E-state index contributed by atoms with van der Waals surface area (Å²) in [6.07, 6.45) is 1.22. The zero-order valence-corrected chi connectivity index (χ0v) is 9.91. The van der Waals surface area contributed by atoms with E-state index < -0.39 is 11.9 Å². The number of benzene rings is 1. The summed E-state index contributed by atoms with van der Waals surface area (Å²) in [6.45, 7) is 0. The van der Waals surface area contributed by atoms with Crippen molar-refractivity contribution in [2.75, 3.05) is 11.1 Å². The standard InChI is InChI=1S/C12H9ClFN3O/c13-7-1-3-10(15)9(5-7)12(18)17-8-2-4-11(14)16-6-8/h1-6H,15H2,(H,17,18). The lowest BCUT2D eigenvalue weighted by Gasteiger charge is -2.07. The first-order valence-corrected chi connectivity index (χ1v) is 5.42. The molecule has 0 aliphatic carbocycles. The van der Waals surface area contributed by atoms with Crippen LogP contribution in [0.5, 0.6) is 0 Å². The van der Waals surface area contributed by atoms with E-state index in [2.05, 4.69) is 10.3 Å². The van der Waals surface area contributed by atoms with Crippen LogP contribution in [0.15, 0.2) is 36.5 Å².